The number of hydrogen-bond donors (Lipinski definition) is 2. The van der Waals surface area contributed by atoms with Gasteiger partial charge in [-0.3, -0.25) is 14.6 Å². The Labute approximate surface area is 148 Å². The zero-order valence-electron chi connectivity index (χ0n) is 12.7. The van der Waals surface area contributed by atoms with Crippen LogP contribution in [-0.2, 0) is 4.79 Å². The van der Waals surface area contributed by atoms with E-state index in [1.807, 2.05) is 4.90 Å². The van der Waals surface area contributed by atoms with Gasteiger partial charge in [-0.05, 0) is 31.4 Å². The van der Waals surface area contributed by atoms with Gasteiger partial charge in [0, 0.05) is 31.4 Å². The van der Waals surface area contributed by atoms with E-state index >= 15 is 0 Å². The molecule has 2 aliphatic rings. The van der Waals surface area contributed by atoms with Gasteiger partial charge in [0.05, 0.1) is 6.54 Å². The predicted molar refractivity (Wildman–Crippen MR) is 92.2 cm³/mol. The number of rotatable bonds is 3. The van der Waals surface area contributed by atoms with Gasteiger partial charge in [-0.25, -0.2) is 0 Å². The van der Waals surface area contributed by atoms with Gasteiger partial charge < -0.3 is 15.5 Å². The highest BCUT2D eigenvalue weighted by Crippen LogP contribution is 2.20. The molecule has 2 amide bonds. The van der Waals surface area contributed by atoms with Gasteiger partial charge in [0.25, 0.3) is 5.91 Å². The number of hydrogen-bond acceptors (Lipinski definition) is 4. The minimum atomic E-state index is -0.307. The molecule has 0 radical (unpaired) electrons. The number of fused-ring (bicyclic) bond motifs is 2. The number of nitrogens with one attached hydrogen (secondary N) is 2. The maximum Gasteiger partial charge on any atom is 0.270 e. The van der Waals surface area contributed by atoms with Gasteiger partial charge in [-0.2, -0.15) is 0 Å². The third-order valence-corrected chi connectivity index (χ3v) is 4.17. The second-order valence-corrected chi connectivity index (χ2v) is 5.66. The van der Waals surface area contributed by atoms with E-state index < -0.39 is 0 Å². The largest absolute Gasteiger partial charge is 0.342 e. The fraction of sp³-hybridized carbons (Fsp3) is 0.533. The van der Waals surface area contributed by atoms with Crippen LogP contribution in [0.4, 0.5) is 0 Å². The monoisotopic (exact) mass is 360 g/mol. The summed E-state index contributed by atoms with van der Waals surface area (Å²) in [4.78, 5) is 29.9. The van der Waals surface area contributed by atoms with E-state index in [1.165, 1.54) is 6.42 Å². The molecule has 128 valence electrons. The first-order chi connectivity index (χ1) is 10.2. The molecule has 3 rings (SSSR count). The zero-order valence-corrected chi connectivity index (χ0v) is 14.4. The highest BCUT2D eigenvalue weighted by Gasteiger charge is 2.31. The molecular formula is C15H22Cl2N4O2. The molecule has 2 unspecified atom stereocenters. The van der Waals surface area contributed by atoms with Crippen molar-refractivity contribution in [3.63, 3.8) is 0 Å². The smallest absolute Gasteiger partial charge is 0.270 e. The lowest BCUT2D eigenvalue weighted by Gasteiger charge is -2.24. The van der Waals surface area contributed by atoms with Crippen molar-refractivity contribution in [3.05, 3.63) is 30.1 Å². The zero-order chi connectivity index (χ0) is 14.7. The van der Waals surface area contributed by atoms with Crippen LogP contribution in [0.1, 0.15) is 29.8 Å². The summed E-state index contributed by atoms with van der Waals surface area (Å²) < 4.78 is 0. The number of halogens is 2. The van der Waals surface area contributed by atoms with Crippen LogP contribution in [0.3, 0.4) is 0 Å². The molecule has 1 aromatic heterocycles. The van der Waals surface area contributed by atoms with Crippen molar-refractivity contribution in [2.75, 3.05) is 19.6 Å². The fourth-order valence-electron chi connectivity index (χ4n) is 3.02. The molecule has 2 bridgehead atoms. The Morgan fingerprint density at radius 2 is 2.00 bits per heavy atom. The first kappa shape index (κ1) is 19.7. The van der Waals surface area contributed by atoms with Crippen molar-refractivity contribution < 1.29 is 9.59 Å². The minimum Gasteiger partial charge on any atom is -0.342 e. The first-order valence-electron chi connectivity index (χ1n) is 7.45. The number of pyridine rings is 1. The molecule has 1 aromatic rings. The van der Waals surface area contributed by atoms with E-state index in [0.717, 1.165) is 25.9 Å². The van der Waals surface area contributed by atoms with Gasteiger partial charge in [0.2, 0.25) is 5.91 Å². The maximum absolute atomic E-state index is 12.2. The molecule has 6 nitrogen and oxygen atoms in total. The van der Waals surface area contributed by atoms with Crippen molar-refractivity contribution in [1.29, 1.82) is 0 Å². The molecule has 0 aliphatic carbocycles. The Morgan fingerprint density at radius 1 is 1.22 bits per heavy atom. The van der Waals surface area contributed by atoms with Crippen LogP contribution in [-0.4, -0.2) is 53.4 Å². The molecule has 0 spiro atoms. The highest BCUT2D eigenvalue weighted by molar-refractivity contribution is 5.94. The Balaban J connectivity index is 0.00000132. The second-order valence-electron chi connectivity index (χ2n) is 5.66. The Bertz CT molecular complexity index is 529. The summed E-state index contributed by atoms with van der Waals surface area (Å²) in [5.41, 5.74) is 0.335. The average molecular weight is 361 g/mol. The average Bonchev–Trinajstić information content (AvgIpc) is 2.84. The minimum absolute atomic E-state index is 0. The highest BCUT2D eigenvalue weighted by atomic mass is 35.5. The van der Waals surface area contributed by atoms with Crippen LogP contribution in [0.15, 0.2) is 24.4 Å². The first-order valence-corrected chi connectivity index (χ1v) is 7.45. The molecular weight excluding hydrogens is 339 g/mol. The van der Waals surface area contributed by atoms with Gasteiger partial charge in [-0.1, -0.05) is 6.07 Å². The van der Waals surface area contributed by atoms with Gasteiger partial charge in [-0.15, -0.1) is 24.8 Å². The molecule has 2 fully saturated rings. The number of amides is 2. The van der Waals surface area contributed by atoms with Gasteiger partial charge >= 0.3 is 0 Å². The molecule has 3 heterocycles. The maximum atomic E-state index is 12.2. The molecule has 0 aromatic carbocycles. The van der Waals surface area contributed by atoms with E-state index in [2.05, 4.69) is 15.6 Å². The summed E-state index contributed by atoms with van der Waals surface area (Å²) in [6, 6.07) is 6.10. The van der Waals surface area contributed by atoms with Gasteiger partial charge in [0.1, 0.15) is 5.69 Å². The Hall–Kier alpha value is -1.37. The van der Waals surface area contributed by atoms with Crippen LogP contribution in [0.5, 0.6) is 0 Å². The normalized spacial score (nSPS) is 22.3. The quantitative estimate of drug-likeness (QED) is 0.843. The topological polar surface area (TPSA) is 74.3 Å². The van der Waals surface area contributed by atoms with E-state index in [-0.39, 0.29) is 43.2 Å². The molecule has 23 heavy (non-hydrogen) atoms. The number of carbonyl (C=O) groups excluding carboxylic acids is 2. The van der Waals surface area contributed by atoms with Crippen LogP contribution >= 0.6 is 24.8 Å². The summed E-state index contributed by atoms with van der Waals surface area (Å²) in [6.45, 7) is 1.55. The van der Waals surface area contributed by atoms with Crippen molar-refractivity contribution in [2.45, 2.75) is 31.3 Å². The lowest BCUT2D eigenvalue weighted by molar-refractivity contribution is -0.130. The summed E-state index contributed by atoms with van der Waals surface area (Å²) >= 11 is 0. The lowest BCUT2D eigenvalue weighted by atomic mass is 10.1. The SMILES string of the molecule is Cl.Cl.O=C(NCC(=O)N1CCC2CCC(C1)N2)c1ccccn1. The Morgan fingerprint density at radius 3 is 2.74 bits per heavy atom. The van der Waals surface area contributed by atoms with Crippen molar-refractivity contribution >= 4 is 36.6 Å². The van der Waals surface area contributed by atoms with E-state index in [0.29, 0.717) is 17.8 Å². The van der Waals surface area contributed by atoms with Crippen LogP contribution in [0, 0.1) is 0 Å². The molecule has 2 N–H and O–H groups in total. The number of nitrogens with zero attached hydrogens (tertiary/aromatic N) is 2. The standard InChI is InChI=1S/C15H20N4O2.2ClH/c20-14(9-17-15(21)13-3-1-2-7-16-13)19-8-6-11-4-5-12(10-19)18-11;;/h1-3,7,11-12,18H,4-6,8-10H2,(H,17,21);2*1H. The summed E-state index contributed by atoms with van der Waals surface area (Å²) in [5, 5.41) is 6.18. The third kappa shape index (κ3) is 5.06. The van der Waals surface area contributed by atoms with Crippen LogP contribution < -0.4 is 10.6 Å². The number of aromatic nitrogens is 1. The molecule has 2 saturated heterocycles. The van der Waals surface area contributed by atoms with E-state index in [9.17, 15) is 9.59 Å². The van der Waals surface area contributed by atoms with Gasteiger partial charge in [0.15, 0.2) is 0 Å². The van der Waals surface area contributed by atoms with E-state index in [1.54, 1.807) is 24.4 Å². The van der Waals surface area contributed by atoms with Crippen molar-refractivity contribution in [2.24, 2.45) is 0 Å². The number of carbonyl (C=O) groups is 2. The number of likely N-dealkylation sites (tertiary alicyclic amines) is 1. The summed E-state index contributed by atoms with van der Waals surface area (Å²) in [5.74, 6) is -0.327. The van der Waals surface area contributed by atoms with Crippen molar-refractivity contribution in [3.8, 4) is 0 Å². The predicted octanol–water partition coefficient (Wildman–Crippen LogP) is 1.01. The van der Waals surface area contributed by atoms with Crippen LogP contribution in [0.25, 0.3) is 0 Å². The third-order valence-electron chi connectivity index (χ3n) is 4.17. The lowest BCUT2D eigenvalue weighted by Crippen LogP contribution is -2.44. The Kier molecular flexibility index (Phi) is 7.75. The second kappa shape index (κ2) is 9.05. The fourth-order valence-corrected chi connectivity index (χ4v) is 3.02. The van der Waals surface area contributed by atoms with Crippen molar-refractivity contribution in [1.82, 2.24) is 20.5 Å². The molecule has 2 atom stereocenters. The molecule has 2 aliphatic heterocycles. The summed E-state index contributed by atoms with van der Waals surface area (Å²) in [6.07, 6.45) is 4.90. The summed E-state index contributed by atoms with van der Waals surface area (Å²) in [7, 11) is 0. The van der Waals surface area contributed by atoms with Crippen LogP contribution in [0.2, 0.25) is 0 Å². The van der Waals surface area contributed by atoms with E-state index in [4.69, 9.17) is 0 Å². The molecule has 8 heteroatoms. The molecule has 0 saturated carbocycles.